The van der Waals surface area contributed by atoms with E-state index in [1.807, 2.05) is 0 Å². The molecule has 22 heavy (non-hydrogen) atoms. The monoisotopic (exact) mass is 322 g/mol. The molecule has 2 aromatic rings. The van der Waals surface area contributed by atoms with Crippen LogP contribution in [0.1, 0.15) is 36.0 Å². The van der Waals surface area contributed by atoms with E-state index in [4.69, 9.17) is 4.42 Å². The highest BCUT2D eigenvalue weighted by Gasteiger charge is 2.16. The second-order valence-electron chi connectivity index (χ2n) is 4.74. The van der Waals surface area contributed by atoms with Gasteiger partial charge in [0.1, 0.15) is 5.76 Å². The van der Waals surface area contributed by atoms with Crippen molar-refractivity contribution in [3.63, 3.8) is 0 Å². The van der Waals surface area contributed by atoms with Crippen molar-refractivity contribution in [2.45, 2.75) is 24.8 Å². The van der Waals surface area contributed by atoms with Crippen LogP contribution >= 0.6 is 0 Å². The fourth-order valence-corrected chi connectivity index (χ4v) is 2.99. The molecular formula is C15H18N2O4S. The fourth-order valence-electron chi connectivity index (χ4n) is 1.95. The minimum absolute atomic E-state index is 0.130. The third-order valence-corrected chi connectivity index (χ3v) is 4.64. The largest absolute Gasteiger partial charge is 0.467 e. The molecule has 0 saturated heterocycles. The molecule has 1 aromatic heterocycles. The summed E-state index contributed by atoms with van der Waals surface area (Å²) < 4.78 is 31.3. The Morgan fingerprint density at radius 1 is 1.23 bits per heavy atom. The van der Waals surface area contributed by atoms with Crippen LogP contribution in [0.25, 0.3) is 0 Å². The summed E-state index contributed by atoms with van der Waals surface area (Å²) in [6.45, 7) is 3.82. The Kier molecular flexibility index (Phi) is 4.99. The maximum Gasteiger partial charge on any atom is 0.251 e. The lowest BCUT2D eigenvalue weighted by atomic mass is 10.2. The van der Waals surface area contributed by atoms with E-state index in [0.717, 1.165) is 0 Å². The smallest absolute Gasteiger partial charge is 0.251 e. The van der Waals surface area contributed by atoms with Crippen molar-refractivity contribution in [2.75, 3.05) is 6.54 Å². The second-order valence-corrected chi connectivity index (χ2v) is 6.50. The summed E-state index contributed by atoms with van der Waals surface area (Å²) in [5.74, 6) is 0.357. The predicted octanol–water partition coefficient (Wildman–Crippen LogP) is 2.07. The standard InChI is InChI=1S/C15H18N2O4S/c1-3-16-22(19,20)13-8-6-12(7-9-13)15(18)17-11(2)14-5-4-10-21-14/h4-11,16H,3H2,1-2H3,(H,17,18)/t11-/m1/s1. The third kappa shape index (κ3) is 3.75. The number of hydrogen-bond donors (Lipinski definition) is 2. The highest BCUT2D eigenvalue weighted by molar-refractivity contribution is 7.89. The molecule has 0 unspecified atom stereocenters. The quantitative estimate of drug-likeness (QED) is 0.852. The van der Waals surface area contributed by atoms with Gasteiger partial charge in [-0.25, -0.2) is 13.1 Å². The lowest BCUT2D eigenvalue weighted by molar-refractivity contribution is 0.0935. The summed E-state index contributed by atoms with van der Waals surface area (Å²) in [5.41, 5.74) is 0.383. The molecule has 6 nitrogen and oxygen atoms in total. The molecule has 0 radical (unpaired) electrons. The number of hydrogen-bond acceptors (Lipinski definition) is 4. The first kappa shape index (κ1) is 16.3. The molecule has 0 spiro atoms. The van der Waals surface area contributed by atoms with Gasteiger partial charge in [-0.1, -0.05) is 6.92 Å². The molecule has 0 fully saturated rings. The van der Waals surface area contributed by atoms with Crippen LogP contribution in [-0.2, 0) is 10.0 Å². The molecule has 0 aliphatic heterocycles. The lowest BCUT2D eigenvalue weighted by Gasteiger charge is -2.12. The number of benzene rings is 1. The van der Waals surface area contributed by atoms with Gasteiger partial charge in [-0.3, -0.25) is 4.79 Å². The number of nitrogens with one attached hydrogen (secondary N) is 2. The lowest BCUT2D eigenvalue weighted by Crippen LogP contribution is -2.26. The summed E-state index contributed by atoms with van der Waals surface area (Å²) in [5, 5.41) is 2.78. The van der Waals surface area contributed by atoms with Crippen LogP contribution in [0.4, 0.5) is 0 Å². The highest BCUT2D eigenvalue weighted by atomic mass is 32.2. The molecule has 2 rings (SSSR count). The Morgan fingerprint density at radius 2 is 1.91 bits per heavy atom. The van der Waals surface area contributed by atoms with E-state index in [2.05, 4.69) is 10.0 Å². The summed E-state index contributed by atoms with van der Waals surface area (Å²) in [7, 11) is -3.51. The van der Waals surface area contributed by atoms with Crippen molar-refractivity contribution in [2.24, 2.45) is 0 Å². The maximum absolute atomic E-state index is 12.1. The van der Waals surface area contributed by atoms with Crippen LogP contribution in [0, 0.1) is 0 Å². The fraction of sp³-hybridized carbons (Fsp3) is 0.267. The van der Waals surface area contributed by atoms with Gasteiger partial charge in [0.2, 0.25) is 10.0 Å². The third-order valence-electron chi connectivity index (χ3n) is 3.08. The number of sulfonamides is 1. The Labute approximate surface area is 129 Å². The molecule has 1 heterocycles. The summed E-state index contributed by atoms with van der Waals surface area (Å²) in [6, 6.07) is 9.03. The van der Waals surface area contributed by atoms with Crippen LogP contribution < -0.4 is 10.0 Å². The predicted molar refractivity (Wildman–Crippen MR) is 81.9 cm³/mol. The topological polar surface area (TPSA) is 88.4 Å². The zero-order valence-corrected chi connectivity index (χ0v) is 13.2. The van der Waals surface area contributed by atoms with Crippen molar-refractivity contribution in [1.29, 1.82) is 0 Å². The molecular weight excluding hydrogens is 304 g/mol. The minimum atomic E-state index is -3.51. The summed E-state index contributed by atoms with van der Waals surface area (Å²) in [4.78, 5) is 12.2. The minimum Gasteiger partial charge on any atom is -0.467 e. The zero-order chi connectivity index (χ0) is 16.2. The van der Waals surface area contributed by atoms with Crippen molar-refractivity contribution in [3.8, 4) is 0 Å². The van der Waals surface area contributed by atoms with Crippen molar-refractivity contribution < 1.29 is 17.6 Å². The molecule has 1 amide bonds. The molecule has 0 saturated carbocycles. The van der Waals surface area contributed by atoms with Gasteiger partial charge in [-0.2, -0.15) is 0 Å². The second kappa shape index (κ2) is 6.76. The van der Waals surface area contributed by atoms with Gasteiger partial charge in [0.05, 0.1) is 17.2 Å². The highest BCUT2D eigenvalue weighted by Crippen LogP contribution is 2.14. The average Bonchev–Trinajstić information content (AvgIpc) is 3.01. The average molecular weight is 322 g/mol. The van der Waals surface area contributed by atoms with E-state index in [1.54, 1.807) is 32.2 Å². The Morgan fingerprint density at radius 3 is 2.45 bits per heavy atom. The maximum atomic E-state index is 12.1. The first-order valence-corrected chi connectivity index (χ1v) is 8.36. The number of carbonyl (C=O) groups is 1. The van der Waals surface area contributed by atoms with Gasteiger partial charge >= 0.3 is 0 Å². The van der Waals surface area contributed by atoms with Gasteiger partial charge in [-0.05, 0) is 43.3 Å². The summed E-state index contributed by atoms with van der Waals surface area (Å²) in [6.07, 6.45) is 1.54. The first-order chi connectivity index (χ1) is 10.4. The van der Waals surface area contributed by atoms with E-state index >= 15 is 0 Å². The molecule has 0 bridgehead atoms. The van der Waals surface area contributed by atoms with Crippen LogP contribution in [0.3, 0.4) is 0 Å². The van der Waals surface area contributed by atoms with Crippen molar-refractivity contribution in [3.05, 3.63) is 54.0 Å². The Hall–Kier alpha value is -2.12. The van der Waals surface area contributed by atoms with Crippen LogP contribution in [0.5, 0.6) is 0 Å². The van der Waals surface area contributed by atoms with Crippen molar-refractivity contribution >= 4 is 15.9 Å². The van der Waals surface area contributed by atoms with Gasteiger partial charge in [0, 0.05) is 12.1 Å². The molecule has 0 aliphatic rings. The van der Waals surface area contributed by atoms with E-state index in [-0.39, 0.29) is 16.8 Å². The van der Waals surface area contributed by atoms with E-state index < -0.39 is 10.0 Å². The van der Waals surface area contributed by atoms with Gasteiger partial charge < -0.3 is 9.73 Å². The van der Waals surface area contributed by atoms with Crippen LogP contribution in [0.15, 0.2) is 52.0 Å². The molecule has 0 aliphatic carbocycles. The number of carbonyl (C=O) groups excluding carboxylic acids is 1. The first-order valence-electron chi connectivity index (χ1n) is 6.88. The van der Waals surface area contributed by atoms with Crippen LogP contribution in [0.2, 0.25) is 0 Å². The normalized spacial score (nSPS) is 12.8. The van der Waals surface area contributed by atoms with Crippen LogP contribution in [-0.4, -0.2) is 20.9 Å². The van der Waals surface area contributed by atoms with E-state index in [1.165, 1.54) is 24.3 Å². The number of furan rings is 1. The molecule has 2 N–H and O–H groups in total. The Balaban J connectivity index is 2.08. The Bertz CT molecular complexity index is 721. The molecule has 118 valence electrons. The summed E-state index contributed by atoms with van der Waals surface area (Å²) >= 11 is 0. The van der Waals surface area contributed by atoms with Gasteiger partial charge in [-0.15, -0.1) is 0 Å². The molecule has 7 heteroatoms. The van der Waals surface area contributed by atoms with Gasteiger partial charge in [0.25, 0.3) is 5.91 Å². The zero-order valence-electron chi connectivity index (χ0n) is 12.4. The number of rotatable bonds is 6. The van der Waals surface area contributed by atoms with E-state index in [0.29, 0.717) is 17.9 Å². The van der Waals surface area contributed by atoms with E-state index in [9.17, 15) is 13.2 Å². The van der Waals surface area contributed by atoms with Gasteiger partial charge in [0.15, 0.2) is 0 Å². The SMILES string of the molecule is CCNS(=O)(=O)c1ccc(C(=O)N[C@H](C)c2ccco2)cc1. The molecule has 1 aromatic carbocycles. The molecule has 1 atom stereocenters. The number of amides is 1. The van der Waals surface area contributed by atoms with Crippen molar-refractivity contribution in [1.82, 2.24) is 10.0 Å².